The fourth-order valence-electron chi connectivity index (χ4n) is 3.37. The zero-order valence-corrected chi connectivity index (χ0v) is 14.3. The Balaban J connectivity index is 1.47. The van der Waals surface area contributed by atoms with Crippen molar-refractivity contribution in [1.29, 1.82) is 0 Å². The number of hydrogen-bond donors (Lipinski definition) is 2. The van der Waals surface area contributed by atoms with Gasteiger partial charge in [0.2, 0.25) is 0 Å². The molecule has 2 rings (SSSR count). The Morgan fingerprint density at radius 2 is 2.00 bits per heavy atom. The largest absolute Gasteiger partial charge is 0.378 e. The standard InChI is InChI=1S/C17H33N3O2/c1-14(2)20-11-9-15(13-20)19-17(21)18-10-6-12-22-16-7-4-3-5-8-16/h14-16H,3-13H2,1-2H3,(H2,18,19,21). The Bertz CT molecular complexity index is 330. The van der Waals surface area contributed by atoms with Crippen molar-refractivity contribution in [2.45, 2.75) is 77.0 Å². The molecule has 5 nitrogen and oxygen atoms in total. The van der Waals surface area contributed by atoms with Gasteiger partial charge in [-0.25, -0.2) is 4.79 Å². The number of ether oxygens (including phenoxy) is 1. The predicted octanol–water partition coefficient (Wildman–Crippen LogP) is 2.51. The third-order valence-electron chi connectivity index (χ3n) is 4.80. The molecule has 0 bridgehead atoms. The highest BCUT2D eigenvalue weighted by Crippen LogP contribution is 2.20. The number of nitrogens with zero attached hydrogens (tertiary/aromatic N) is 1. The number of carbonyl (C=O) groups excluding carboxylic acids is 1. The number of rotatable bonds is 7. The van der Waals surface area contributed by atoms with Crippen molar-refractivity contribution in [3.8, 4) is 0 Å². The van der Waals surface area contributed by atoms with Crippen LogP contribution in [0.15, 0.2) is 0 Å². The first-order valence-corrected chi connectivity index (χ1v) is 9.05. The monoisotopic (exact) mass is 311 g/mol. The van der Waals surface area contributed by atoms with Crippen molar-refractivity contribution in [3.05, 3.63) is 0 Å². The summed E-state index contributed by atoms with van der Waals surface area (Å²) in [7, 11) is 0. The minimum atomic E-state index is -0.0340. The van der Waals surface area contributed by atoms with Crippen LogP contribution in [0.1, 0.15) is 58.8 Å². The van der Waals surface area contributed by atoms with Crippen molar-refractivity contribution in [3.63, 3.8) is 0 Å². The van der Waals surface area contributed by atoms with Gasteiger partial charge in [-0.3, -0.25) is 4.90 Å². The molecule has 2 amide bonds. The van der Waals surface area contributed by atoms with Crippen LogP contribution in [-0.4, -0.2) is 55.4 Å². The maximum atomic E-state index is 11.9. The maximum absolute atomic E-state index is 11.9. The highest BCUT2D eigenvalue weighted by Gasteiger charge is 2.25. The lowest BCUT2D eigenvalue weighted by atomic mass is 9.98. The van der Waals surface area contributed by atoms with Gasteiger partial charge < -0.3 is 15.4 Å². The number of amides is 2. The summed E-state index contributed by atoms with van der Waals surface area (Å²) in [6, 6.07) is 0.820. The molecule has 1 unspecified atom stereocenters. The summed E-state index contributed by atoms with van der Waals surface area (Å²) >= 11 is 0. The molecule has 1 saturated carbocycles. The molecule has 0 spiro atoms. The van der Waals surface area contributed by atoms with E-state index in [1.807, 2.05) is 0 Å². The molecule has 0 aromatic carbocycles. The van der Waals surface area contributed by atoms with Crippen LogP contribution in [-0.2, 0) is 4.74 Å². The van der Waals surface area contributed by atoms with Crippen LogP contribution in [0.25, 0.3) is 0 Å². The van der Waals surface area contributed by atoms with Crippen LogP contribution in [0.5, 0.6) is 0 Å². The minimum absolute atomic E-state index is 0.0340. The molecule has 5 heteroatoms. The smallest absolute Gasteiger partial charge is 0.315 e. The third kappa shape index (κ3) is 6.13. The van der Waals surface area contributed by atoms with Gasteiger partial charge in [0.1, 0.15) is 0 Å². The number of likely N-dealkylation sites (tertiary alicyclic amines) is 1. The van der Waals surface area contributed by atoms with Gasteiger partial charge in [-0.15, -0.1) is 0 Å². The van der Waals surface area contributed by atoms with Gasteiger partial charge in [0.25, 0.3) is 0 Å². The summed E-state index contributed by atoms with van der Waals surface area (Å²) in [6.45, 7) is 7.91. The molecule has 1 heterocycles. The minimum Gasteiger partial charge on any atom is -0.378 e. The maximum Gasteiger partial charge on any atom is 0.315 e. The lowest BCUT2D eigenvalue weighted by molar-refractivity contribution is 0.0275. The normalized spacial score (nSPS) is 23.9. The van der Waals surface area contributed by atoms with Crippen LogP contribution in [0, 0.1) is 0 Å². The Morgan fingerprint density at radius 3 is 2.68 bits per heavy atom. The summed E-state index contributed by atoms with van der Waals surface area (Å²) in [5, 5.41) is 6.01. The van der Waals surface area contributed by atoms with E-state index in [-0.39, 0.29) is 6.03 Å². The molecule has 0 aromatic heterocycles. The van der Waals surface area contributed by atoms with Gasteiger partial charge in [0.15, 0.2) is 0 Å². The topological polar surface area (TPSA) is 53.6 Å². The molecule has 1 saturated heterocycles. The van der Waals surface area contributed by atoms with E-state index in [0.717, 1.165) is 32.5 Å². The fourth-order valence-corrected chi connectivity index (χ4v) is 3.37. The Kier molecular flexibility index (Phi) is 7.46. The van der Waals surface area contributed by atoms with E-state index >= 15 is 0 Å². The quantitative estimate of drug-likeness (QED) is 0.710. The molecule has 0 radical (unpaired) electrons. The number of hydrogen-bond acceptors (Lipinski definition) is 3. The highest BCUT2D eigenvalue weighted by molar-refractivity contribution is 5.74. The second-order valence-corrected chi connectivity index (χ2v) is 6.96. The number of nitrogens with one attached hydrogen (secondary N) is 2. The zero-order chi connectivity index (χ0) is 15.8. The van der Waals surface area contributed by atoms with E-state index in [4.69, 9.17) is 4.74 Å². The molecule has 1 aliphatic heterocycles. The van der Waals surface area contributed by atoms with Crippen LogP contribution in [0.2, 0.25) is 0 Å². The molecule has 1 atom stereocenters. The van der Waals surface area contributed by atoms with Crippen LogP contribution >= 0.6 is 0 Å². The van der Waals surface area contributed by atoms with Crippen molar-refractivity contribution < 1.29 is 9.53 Å². The van der Waals surface area contributed by atoms with Crippen molar-refractivity contribution in [2.24, 2.45) is 0 Å². The Labute approximate surface area is 135 Å². The van der Waals surface area contributed by atoms with Gasteiger partial charge in [0, 0.05) is 38.3 Å². The predicted molar refractivity (Wildman–Crippen MR) is 89.1 cm³/mol. The van der Waals surface area contributed by atoms with E-state index in [1.165, 1.54) is 32.1 Å². The van der Waals surface area contributed by atoms with E-state index in [0.29, 0.717) is 24.7 Å². The molecule has 128 valence electrons. The summed E-state index contributed by atoms with van der Waals surface area (Å²) in [5.41, 5.74) is 0. The second-order valence-electron chi connectivity index (χ2n) is 6.96. The van der Waals surface area contributed by atoms with E-state index in [9.17, 15) is 4.79 Å². The first-order valence-electron chi connectivity index (χ1n) is 9.05. The lowest BCUT2D eigenvalue weighted by Gasteiger charge is -2.22. The van der Waals surface area contributed by atoms with Crippen molar-refractivity contribution in [1.82, 2.24) is 15.5 Å². The summed E-state index contributed by atoms with van der Waals surface area (Å²) in [4.78, 5) is 14.3. The van der Waals surface area contributed by atoms with Crippen LogP contribution in [0.3, 0.4) is 0 Å². The molecular formula is C17H33N3O2. The number of carbonyl (C=O) groups is 1. The van der Waals surface area contributed by atoms with Gasteiger partial charge in [-0.2, -0.15) is 0 Å². The average molecular weight is 311 g/mol. The van der Waals surface area contributed by atoms with Crippen molar-refractivity contribution >= 4 is 6.03 Å². The van der Waals surface area contributed by atoms with E-state index in [2.05, 4.69) is 29.4 Å². The Morgan fingerprint density at radius 1 is 1.23 bits per heavy atom. The molecule has 22 heavy (non-hydrogen) atoms. The zero-order valence-electron chi connectivity index (χ0n) is 14.3. The van der Waals surface area contributed by atoms with E-state index in [1.54, 1.807) is 0 Å². The first kappa shape index (κ1) is 17.5. The molecule has 2 N–H and O–H groups in total. The summed E-state index contributed by atoms with van der Waals surface area (Å²) in [5.74, 6) is 0. The van der Waals surface area contributed by atoms with Gasteiger partial charge in [0.05, 0.1) is 6.10 Å². The van der Waals surface area contributed by atoms with E-state index < -0.39 is 0 Å². The summed E-state index contributed by atoms with van der Waals surface area (Å²) < 4.78 is 5.86. The fraction of sp³-hybridized carbons (Fsp3) is 0.941. The van der Waals surface area contributed by atoms with Gasteiger partial charge in [-0.05, 0) is 39.5 Å². The molecule has 2 fully saturated rings. The summed E-state index contributed by atoms with van der Waals surface area (Å²) in [6.07, 6.45) is 8.80. The van der Waals surface area contributed by atoms with Crippen molar-refractivity contribution in [2.75, 3.05) is 26.2 Å². The second kappa shape index (κ2) is 9.36. The van der Waals surface area contributed by atoms with Gasteiger partial charge >= 0.3 is 6.03 Å². The first-order chi connectivity index (χ1) is 10.6. The average Bonchev–Trinajstić information content (AvgIpc) is 2.96. The van der Waals surface area contributed by atoms with Crippen LogP contribution < -0.4 is 10.6 Å². The van der Waals surface area contributed by atoms with Crippen LogP contribution in [0.4, 0.5) is 4.79 Å². The highest BCUT2D eigenvalue weighted by atomic mass is 16.5. The Hall–Kier alpha value is -0.810. The molecule has 0 aromatic rings. The SMILES string of the molecule is CC(C)N1CCC(NC(=O)NCCCOC2CCCCC2)C1. The molecule has 2 aliphatic rings. The molecular weight excluding hydrogens is 278 g/mol. The lowest BCUT2D eigenvalue weighted by Crippen LogP contribution is -2.44. The van der Waals surface area contributed by atoms with Gasteiger partial charge in [-0.1, -0.05) is 19.3 Å². The third-order valence-corrected chi connectivity index (χ3v) is 4.80. The molecule has 1 aliphatic carbocycles. The number of urea groups is 1.